The minimum absolute atomic E-state index is 0.372. The summed E-state index contributed by atoms with van der Waals surface area (Å²) in [6.45, 7) is 2.60. The number of nitrogens with zero attached hydrogens (tertiary/aromatic N) is 3. The van der Waals surface area contributed by atoms with E-state index in [1.807, 2.05) is 66.7 Å². The zero-order chi connectivity index (χ0) is 27.7. The van der Waals surface area contributed by atoms with Gasteiger partial charge in [0.05, 0.1) is 12.1 Å². The van der Waals surface area contributed by atoms with Gasteiger partial charge >= 0.3 is 0 Å². The summed E-state index contributed by atoms with van der Waals surface area (Å²) in [5.74, 6) is 2.36. The molecule has 0 saturated heterocycles. The van der Waals surface area contributed by atoms with E-state index < -0.39 is 6.23 Å². The van der Waals surface area contributed by atoms with Gasteiger partial charge in [-0.25, -0.2) is 0 Å². The molecule has 0 radical (unpaired) electrons. The van der Waals surface area contributed by atoms with E-state index in [0.717, 1.165) is 34.6 Å². The molecule has 1 N–H and O–H groups in total. The Morgan fingerprint density at radius 1 is 0.975 bits per heavy atom. The third-order valence-electron chi connectivity index (χ3n) is 6.59. The summed E-state index contributed by atoms with van der Waals surface area (Å²) in [5.41, 5.74) is 4.13. The van der Waals surface area contributed by atoms with Crippen molar-refractivity contribution in [2.45, 2.75) is 57.0 Å². The third kappa shape index (κ3) is 6.80. The maximum atomic E-state index is 6.74. The summed E-state index contributed by atoms with van der Waals surface area (Å²) in [7, 11) is 1.60. The van der Waals surface area contributed by atoms with Crippen molar-refractivity contribution in [1.29, 1.82) is 0 Å². The van der Waals surface area contributed by atoms with Gasteiger partial charge in [0.25, 0.3) is 0 Å². The van der Waals surface area contributed by atoms with E-state index in [-0.39, 0.29) is 0 Å². The fourth-order valence-electron chi connectivity index (χ4n) is 4.49. The highest BCUT2D eigenvalue weighted by atomic mass is 35.5. The van der Waals surface area contributed by atoms with Crippen LogP contribution in [0.15, 0.2) is 71.9 Å². The van der Waals surface area contributed by atoms with Gasteiger partial charge in [-0.1, -0.05) is 105 Å². The molecule has 0 amide bonds. The summed E-state index contributed by atoms with van der Waals surface area (Å²) in [6.07, 6.45) is 5.51. The summed E-state index contributed by atoms with van der Waals surface area (Å²) in [6, 6.07) is 21.5. The fourth-order valence-corrected chi connectivity index (χ4v) is 5.54. The molecule has 208 valence electrons. The SMILES string of the molecule is CCCCCCCSc1nnc2c(n1)O[C@@H](c1cc(Cl)c(OCc3ccccc3)c(OC)c1)Nc1ccccc1-2. The topological polar surface area (TPSA) is 78.4 Å². The number of unbranched alkanes of at least 4 members (excludes halogenated alkanes) is 4. The number of para-hydroxylation sites is 1. The zero-order valence-corrected chi connectivity index (χ0v) is 24.3. The summed E-state index contributed by atoms with van der Waals surface area (Å²) in [4.78, 5) is 4.77. The number of anilines is 1. The van der Waals surface area contributed by atoms with Gasteiger partial charge in [0.2, 0.25) is 11.0 Å². The van der Waals surface area contributed by atoms with Crippen molar-refractivity contribution in [2.24, 2.45) is 0 Å². The van der Waals surface area contributed by atoms with Gasteiger partial charge in [-0.3, -0.25) is 0 Å². The normalized spacial score (nSPS) is 13.8. The largest absolute Gasteiger partial charge is 0.493 e. The first-order chi connectivity index (χ1) is 19.7. The van der Waals surface area contributed by atoms with Crippen LogP contribution in [-0.2, 0) is 6.61 Å². The quantitative estimate of drug-likeness (QED) is 0.133. The Morgan fingerprint density at radius 2 is 1.77 bits per heavy atom. The third-order valence-corrected chi connectivity index (χ3v) is 7.80. The molecular weight excluding hydrogens is 544 g/mol. The van der Waals surface area contributed by atoms with E-state index in [1.54, 1.807) is 18.9 Å². The minimum Gasteiger partial charge on any atom is -0.493 e. The van der Waals surface area contributed by atoms with E-state index >= 15 is 0 Å². The first-order valence-corrected chi connectivity index (χ1v) is 15.0. The van der Waals surface area contributed by atoms with Gasteiger partial charge in [0, 0.05) is 22.6 Å². The predicted octanol–water partition coefficient (Wildman–Crippen LogP) is 8.35. The van der Waals surface area contributed by atoms with Gasteiger partial charge in [-0.05, 0) is 30.2 Å². The second kappa shape index (κ2) is 13.7. The number of hydrogen-bond donors (Lipinski definition) is 1. The molecule has 2 heterocycles. The van der Waals surface area contributed by atoms with Crippen LogP contribution in [0.1, 0.15) is 56.4 Å². The Balaban J connectivity index is 1.40. The maximum Gasteiger partial charge on any atom is 0.247 e. The second-order valence-electron chi connectivity index (χ2n) is 9.51. The fraction of sp³-hybridized carbons (Fsp3) is 0.323. The van der Waals surface area contributed by atoms with Gasteiger partial charge in [0.15, 0.2) is 23.4 Å². The average molecular weight is 577 g/mol. The van der Waals surface area contributed by atoms with Gasteiger partial charge in [-0.15, -0.1) is 10.2 Å². The molecule has 1 aliphatic heterocycles. The molecule has 7 nitrogen and oxygen atoms in total. The standard InChI is InChI=1S/C31H33ClN4O3S/c1-3-4-5-6-12-17-40-31-34-30-27(35-36-31)23-15-10-11-16-25(23)33-29(39-30)22-18-24(32)28(26(19-22)37-2)38-20-21-13-8-7-9-14-21/h7-11,13-16,18-19,29,33H,3-6,12,17,20H2,1-2H3/t29-/m0/s1. The van der Waals surface area contributed by atoms with Crippen molar-refractivity contribution in [3.63, 3.8) is 0 Å². The van der Waals surface area contributed by atoms with E-state index in [1.165, 1.54) is 25.7 Å². The first kappa shape index (κ1) is 28.1. The molecule has 4 aromatic rings. The van der Waals surface area contributed by atoms with Gasteiger partial charge < -0.3 is 19.5 Å². The van der Waals surface area contributed by atoms with Crippen molar-refractivity contribution in [2.75, 3.05) is 18.2 Å². The second-order valence-corrected chi connectivity index (χ2v) is 11.0. The number of rotatable bonds is 12. The molecule has 0 bridgehead atoms. The molecule has 3 aromatic carbocycles. The Morgan fingerprint density at radius 3 is 2.60 bits per heavy atom. The van der Waals surface area contributed by atoms with Crippen LogP contribution in [0, 0.1) is 0 Å². The molecule has 1 aromatic heterocycles. The van der Waals surface area contributed by atoms with E-state index in [9.17, 15) is 0 Å². The zero-order valence-electron chi connectivity index (χ0n) is 22.7. The van der Waals surface area contributed by atoms with E-state index in [2.05, 4.69) is 22.4 Å². The monoisotopic (exact) mass is 576 g/mol. The van der Waals surface area contributed by atoms with Crippen molar-refractivity contribution < 1.29 is 14.2 Å². The van der Waals surface area contributed by atoms with Gasteiger partial charge in [0.1, 0.15) is 6.61 Å². The van der Waals surface area contributed by atoms with Crippen molar-refractivity contribution in [3.05, 3.63) is 82.9 Å². The summed E-state index contributed by atoms with van der Waals surface area (Å²) < 4.78 is 18.2. The van der Waals surface area contributed by atoms with E-state index in [4.69, 9.17) is 30.8 Å². The molecule has 0 spiro atoms. The number of halogens is 1. The van der Waals surface area contributed by atoms with E-state index in [0.29, 0.717) is 39.9 Å². The van der Waals surface area contributed by atoms with Crippen LogP contribution in [0.5, 0.6) is 17.4 Å². The Labute approximate surface area is 244 Å². The van der Waals surface area contributed by atoms with Crippen LogP contribution < -0.4 is 19.5 Å². The molecule has 0 aliphatic carbocycles. The Kier molecular flexibility index (Phi) is 9.63. The minimum atomic E-state index is -0.597. The number of benzene rings is 3. The van der Waals surface area contributed by atoms with Crippen molar-refractivity contribution in [3.8, 4) is 28.6 Å². The van der Waals surface area contributed by atoms with Crippen molar-refractivity contribution >= 4 is 29.1 Å². The lowest BCUT2D eigenvalue weighted by molar-refractivity contribution is 0.224. The van der Waals surface area contributed by atoms with Crippen LogP contribution >= 0.6 is 23.4 Å². The molecule has 40 heavy (non-hydrogen) atoms. The number of ether oxygens (including phenoxy) is 3. The summed E-state index contributed by atoms with van der Waals surface area (Å²) in [5, 5.41) is 13.4. The van der Waals surface area contributed by atoms with Crippen molar-refractivity contribution in [1.82, 2.24) is 15.2 Å². The highest BCUT2D eigenvalue weighted by molar-refractivity contribution is 7.99. The number of hydrogen-bond acceptors (Lipinski definition) is 8. The van der Waals surface area contributed by atoms with Gasteiger partial charge in [-0.2, -0.15) is 4.98 Å². The number of aromatic nitrogens is 3. The Bertz CT molecular complexity index is 1420. The Hall–Kier alpha value is -3.49. The lowest BCUT2D eigenvalue weighted by Crippen LogP contribution is -2.17. The lowest BCUT2D eigenvalue weighted by Gasteiger charge is -2.21. The molecular formula is C31H33ClN4O3S. The lowest BCUT2D eigenvalue weighted by atomic mass is 10.1. The predicted molar refractivity (Wildman–Crippen MR) is 161 cm³/mol. The van der Waals surface area contributed by atoms with Crippen LogP contribution in [0.3, 0.4) is 0 Å². The molecule has 0 saturated carbocycles. The first-order valence-electron chi connectivity index (χ1n) is 13.6. The number of fused-ring (bicyclic) bond motifs is 3. The van der Waals surface area contributed by atoms with Crippen LogP contribution in [0.4, 0.5) is 5.69 Å². The number of methoxy groups -OCH3 is 1. The maximum absolute atomic E-state index is 6.74. The smallest absolute Gasteiger partial charge is 0.247 e. The molecule has 1 aliphatic rings. The highest BCUT2D eigenvalue weighted by Gasteiger charge is 2.27. The van der Waals surface area contributed by atoms with Crippen LogP contribution in [-0.4, -0.2) is 28.0 Å². The van der Waals surface area contributed by atoms with Crippen LogP contribution in [0.25, 0.3) is 11.3 Å². The molecule has 9 heteroatoms. The molecule has 0 unspecified atom stereocenters. The number of thioether (sulfide) groups is 1. The summed E-state index contributed by atoms with van der Waals surface area (Å²) >= 11 is 8.35. The number of nitrogens with one attached hydrogen (secondary N) is 1. The molecule has 5 rings (SSSR count). The highest BCUT2D eigenvalue weighted by Crippen LogP contribution is 2.43. The van der Waals surface area contributed by atoms with Crippen LogP contribution in [0.2, 0.25) is 5.02 Å². The molecule has 1 atom stereocenters. The average Bonchev–Trinajstić information content (AvgIpc) is 3.15. The molecule has 0 fully saturated rings.